The second kappa shape index (κ2) is 15.3. The average molecular weight is 527 g/mol. The second-order valence-corrected chi connectivity index (χ2v) is 9.65. The Morgan fingerprint density at radius 2 is 1.86 bits per heavy atom. The summed E-state index contributed by atoms with van der Waals surface area (Å²) < 4.78 is 5.43. The number of halogens is 1. The van der Waals surface area contributed by atoms with Crippen LogP contribution in [0.5, 0.6) is 5.75 Å². The largest absolute Gasteiger partial charge is 0.496 e. The van der Waals surface area contributed by atoms with E-state index in [4.69, 9.17) is 16.3 Å². The van der Waals surface area contributed by atoms with Gasteiger partial charge in [0.2, 0.25) is 5.91 Å². The fourth-order valence-electron chi connectivity index (χ4n) is 4.32. The van der Waals surface area contributed by atoms with E-state index in [0.717, 1.165) is 50.2 Å². The lowest BCUT2D eigenvalue weighted by atomic mass is 10.1. The lowest BCUT2D eigenvalue weighted by Crippen LogP contribution is -2.51. The summed E-state index contributed by atoms with van der Waals surface area (Å²) in [5.74, 6) is 1.01. The Bertz CT molecular complexity index is 1040. The molecule has 3 amide bonds. The van der Waals surface area contributed by atoms with Crippen LogP contribution in [0.15, 0.2) is 54.6 Å². The van der Waals surface area contributed by atoms with Crippen molar-refractivity contribution < 1.29 is 14.3 Å². The number of para-hydroxylation sites is 1. The molecule has 1 N–H and O–H groups in total. The molecule has 1 saturated heterocycles. The maximum absolute atomic E-state index is 13.0. The highest BCUT2D eigenvalue weighted by atomic mass is 35.5. The summed E-state index contributed by atoms with van der Waals surface area (Å²) in [6.45, 7) is 6.99. The highest BCUT2D eigenvalue weighted by molar-refractivity contribution is 6.30. The molecule has 37 heavy (non-hydrogen) atoms. The van der Waals surface area contributed by atoms with E-state index in [1.807, 2.05) is 58.4 Å². The minimum Gasteiger partial charge on any atom is -0.496 e. The van der Waals surface area contributed by atoms with E-state index >= 15 is 0 Å². The zero-order valence-corrected chi connectivity index (χ0v) is 22.8. The number of methoxy groups -OCH3 is 1. The molecule has 1 heterocycles. The molecule has 200 valence electrons. The first-order valence-electron chi connectivity index (χ1n) is 13.1. The van der Waals surface area contributed by atoms with Crippen LogP contribution in [0.2, 0.25) is 5.02 Å². The SMILES string of the molecule is CCCCCC(=O)N(CC=Cc1ccccc1OC)CCN1CCN(C(=O)Nc2cccc(Cl)c2)CC1. The Labute approximate surface area is 226 Å². The van der Waals surface area contributed by atoms with Crippen LogP contribution >= 0.6 is 11.6 Å². The lowest BCUT2D eigenvalue weighted by Gasteiger charge is -2.35. The van der Waals surface area contributed by atoms with E-state index in [2.05, 4.69) is 17.1 Å². The van der Waals surface area contributed by atoms with E-state index < -0.39 is 0 Å². The predicted molar refractivity (Wildman–Crippen MR) is 151 cm³/mol. The number of piperazine rings is 1. The number of hydrogen-bond acceptors (Lipinski definition) is 4. The van der Waals surface area contributed by atoms with Gasteiger partial charge in [-0.25, -0.2) is 4.79 Å². The molecule has 7 nitrogen and oxygen atoms in total. The maximum atomic E-state index is 13.0. The number of hydrogen-bond donors (Lipinski definition) is 1. The number of carbonyl (C=O) groups is 2. The Morgan fingerprint density at radius 1 is 1.08 bits per heavy atom. The Kier molecular flexibility index (Phi) is 11.8. The third kappa shape index (κ3) is 9.41. The van der Waals surface area contributed by atoms with Gasteiger partial charge in [-0.1, -0.05) is 67.8 Å². The molecule has 8 heteroatoms. The Hall–Kier alpha value is -3.03. The van der Waals surface area contributed by atoms with Gasteiger partial charge in [0.1, 0.15) is 5.75 Å². The molecule has 3 rings (SSSR count). The molecular formula is C29H39ClN4O3. The number of anilines is 1. The number of amides is 3. The summed E-state index contributed by atoms with van der Waals surface area (Å²) >= 11 is 6.02. The fraction of sp³-hybridized carbons (Fsp3) is 0.448. The quantitative estimate of drug-likeness (QED) is 0.364. The van der Waals surface area contributed by atoms with Crippen molar-refractivity contribution >= 4 is 35.3 Å². The smallest absolute Gasteiger partial charge is 0.321 e. The van der Waals surface area contributed by atoms with Gasteiger partial charge in [0, 0.05) is 68.5 Å². The maximum Gasteiger partial charge on any atom is 0.321 e. The second-order valence-electron chi connectivity index (χ2n) is 9.21. The van der Waals surface area contributed by atoms with Crippen LogP contribution in [0, 0.1) is 0 Å². The third-order valence-electron chi connectivity index (χ3n) is 6.53. The van der Waals surface area contributed by atoms with E-state index in [0.29, 0.717) is 43.3 Å². The van der Waals surface area contributed by atoms with Crippen molar-refractivity contribution in [3.8, 4) is 5.75 Å². The highest BCUT2D eigenvalue weighted by Gasteiger charge is 2.22. The monoisotopic (exact) mass is 526 g/mol. The van der Waals surface area contributed by atoms with E-state index in [1.165, 1.54) is 0 Å². The molecule has 1 aliphatic heterocycles. The number of benzene rings is 2. The summed E-state index contributed by atoms with van der Waals surface area (Å²) in [6, 6.07) is 14.9. The first-order chi connectivity index (χ1) is 18.0. The minimum absolute atomic E-state index is 0.115. The normalized spacial score (nSPS) is 14.1. The molecule has 0 aliphatic carbocycles. The molecule has 0 bridgehead atoms. The zero-order valence-electron chi connectivity index (χ0n) is 22.0. The van der Waals surface area contributed by atoms with Crippen LogP contribution in [0.1, 0.15) is 38.2 Å². The van der Waals surface area contributed by atoms with Crippen LogP contribution in [0.3, 0.4) is 0 Å². The molecule has 1 fully saturated rings. The van der Waals surface area contributed by atoms with Gasteiger partial charge in [-0.05, 0) is 30.7 Å². The van der Waals surface area contributed by atoms with Gasteiger partial charge in [0.15, 0.2) is 0 Å². The topological polar surface area (TPSA) is 65.1 Å². The molecular weight excluding hydrogens is 488 g/mol. The third-order valence-corrected chi connectivity index (χ3v) is 6.77. The predicted octanol–water partition coefficient (Wildman–Crippen LogP) is 5.62. The summed E-state index contributed by atoms with van der Waals surface area (Å²) in [5, 5.41) is 3.51. The molecule has 0 radical (unpaired) electrons. The van der Waals surface area contributed by atoms with E-state index in [-0.39, 0.29) is 11.9 Å². The van der Waals surface area contributed by atoms with Gasteiger partial charge in [-0.15, -0.1) is 0 Å². The number of ether oxygens (including phenoxy) is 1. The van der Waals surface area contributed by atoms with Crippen LogP contribution in [0.4, 0.5) is 10.5 Å². The minimum atomic E-state index is -0.115. The average Bonchev–Trinajstić information content (AvgIpc) is 2.91. The molecule has 0 unspecified atom stereocenters. The van der Waals surface area contributed by atoms with Crippen molar-refractivity contribution in [1.29, 1.82) is 0 Å². The van der Waals surface area contributed by atoms with Gasteiger partial charge >= 0.3 is 6.03 Å². The molecule has 0 atom stereocenters. The summed E-state index contributed by atoms with van der Waals surface area (Å²) in [5.41, 5.74) is 1.69. The Balaban J connectivity index is 1.50. The lowest BCUT2D eigenvalue weighted by molar-refractivity contribution is -0.131. The summed E-state index contributed by atoms with van der Waals surface area (Å²) in [6.07, 6.45) is 7.71. The molecule has 1 aliphatic rings. The standard InChI is InChI=1S/C29H39ClN4O3/c1-3-4-5-15-28(35)33(16-9-11-24-10-6-7-14-27(24)37-2)20-17-32-18-21-34(22-19-32)29(36)31-26-13-8-12-25(30)23-26/h6-14,23H,3-5,15-22H2,1-2H3,(H,31,36). The van der Waals surface area contributed by atoms with E-state index in [1.54, 1.807) is 19.2 Å². The molecule has 2 aromatic rings. The fourth-order valence-corrected chi connectivity index (χ4v) is 4.51. The number of nitrogens with zero attached hydrogens (tertiary/aromatic N) is 3. The molecule has 2 aromatic carbocycles. The number of nitrogens with one attached hydrogen (secondary N) is 1. The Morgan fingerprint density at radius 3 is 2.59 bits per heavy atom. The molecule has 0 aromatic heterocycles. The molecule has 0 spiro atoms. The van der Waals surface area contributed by atoms with Crippen molar-refractivity contribution in [3.63, 3.8) is 0 Å². The van der Waals surface area contributed by atoms with Crippen LogP contribution in [0.25, 0.3) is 6.08 Å². The molecule has 0 saturated carbocycles. The van der Waals surface area contributed by atoms with Gasteiger partial charge in [-0.3, -0.25) is 9.69 Å². The first-order valence-corrected chi connectivity index (χ1v) is 13.5. The van der Waals surface area contributed by atoms with Crippen LogP contribution in [-0.2, 0) is 4.79 Å². The van der Waals surface area contributed by atoms with Gasteiger partial charge < -0.3 is 19.9 Å². The van der Waals surface area contributed by atoms with Crippen molar-refractivity contribution in [2.75, 3.05) is 58.2 Å². The van der Waals surface area contributed by atoms with Crippen LogP contribution in [-0.4, -0.2) is 79.6 Å². The number of rotatable bonds is 12. The first kappa shape index (κ1) is 28.5. The van der Waals surface area contributed by atoms with Crippen LogP contribution < -0.4 is 10.1 Å². The number of urea groups is 1. The van der Waals surface area contributed by atoms with Gasteiger partial charge in [-0.2, -0.15) is 0 Å². The van der Waals surface area contributed by atoms with Crippen molar-refractivity contribution in [1.82, 2.24) is 14.7 Å². The summed E-state index contributed by atoms with van der Waals surface area (Å²) in [4.78, 5) is 31.7. The van der Waals surface area contributed by atoms with Crippen molar-refractivity contribution in [2.24, 2.45) is 0 Å². The number of unbranched alkanes of at least 4 members (excludes halogenated alkanes) is 2. The summed E-state index contributed by atoms with van der Waals surface area (Å²) in [7, 11) is 1.66. The van der Waals surface area contributed by atoms with Crippen molar-refractivity contribution in [2.45, 2.75) is 32.6 Å². The van der Waals surface area contributed by atoms with Crippen molar-refractivity contribution in [3.05, 3.63) is 65.2 Å². The van der Waals surface area contributed by atoms with E-state index in [9.17, 15) is 9.59 Å². The number of carbonyl (C=O) groups excluding carboxylic acids is 2. The highest BCUT2D eigenvalue weighted by Crippen LogP contribution is 2.19. The zero-order chi connectivity index (χ0) is 26.5. The van der Waals surface area contributed by atoms with Gasteiger partial charge in [0.25, 0.3) is 0 Å². The van der Waals surface area contributed by atoms with Gasteiger partial charge in [0.05, 0.1) is 7.11 Å².